The summed E-state index contributed by atoms with van der Waals surface area (Å²) in [5.74, 6) is 1.36. The Kier molecular flexibility index (Phi) is 5.33. The van der Waals surface area contributed by atoms with Crippen LogP contribution in [-0.4, -0.2) is 35.8 Å². The van der Waals surface area contributed by atoms with Gasteiger partial charge in [0.15, 0.2) is 11.6 Å². The molecule has 4 heterocycles. The van der Waals surface area contributed by atoms with Crippen LogP contribution in [0.4, 0.5) is 0 Å². The van der Waals surface area contributed by atoms with Crippen molar-refractivity contribution in [1.82, 2.24) is 35.2 Å². The largest absolute Gasteiger partial charge is 0.346 e. The summed E-state index contributed by atoms with van der Waals surface area (Å²) in [5.41, 5.74) is 2.43. The zero-order valence-corrected chi connectivity index (χ0v) is 17.8. The van der Waals surface area contributed by atoms with E-state index in [1.165, 1.54) is 6.20 Å². The normalized spacial score (nSPS) is 11.5. The second-order valence-electron chi connectivity index (χ2n) is 8.14. The van der Waals surface area contributed by atoms with Gasteiger partial charge in [0.2, 0.25) is 0 Å². The SMILES string of the molecule is Cc1c(C(=O)NCc2ccccn2)cnn1-c1cc(-c2nc(C(C)(C)C)no2)ccn1. The minimum atomic E-state index is -0.225. The summed E-state index contributed by atoms with van der Waals surface area (Å²) < 4.78 is 7.04. The number of carbonyl (C=O) groups is 1. The van der Waals surface area contributed by atoms with Crippen LogP contribution in [0.25, 0.3) is 17.3 Å². The molecule has 1 N–H and O–H groups in total. The molecule has 1 amide bonds. The molecule has 158 valence electrons. The highest BCUT2D eigenvalue weighted by atomic mass is 16.5. The molecule has 9 heteroatoms. The Morgan fingerprint density at radius 1 is 1.16 bits per heavy atom. The Bertz CT molecular complexity index is 1210. The van der Waals surface area contributed by atoms with Gasteiger partial charge in [-0.3, -0.25) is 9.78 Å². The van der Waals surface area contributed by atoms with E-state index in [1.807, 2.05) is 45.9 Å². The van der Waals surface area contributed by atoms with Crippen molar-refractivity contribution in [1.29, 1.82) is 0 Å². The fourth-order valence-electron chi connectivity index (χ4n) is 2.94. The molecular formula is C22H23N7O2. The highest BCUT2D eigenvalue weighted by Crippen LogP contribution is 2.24. The molecule has 0 saturated heterocycles. The molecule has 0 saturated carbocycles. The summed E-state index contributed by atoms with van der Waals surface area (Å²) >= 11 is 0. The zero-order chi connectivity index (χ0) is 22.0. The first-order valence-electron chi connectivity index (χ1n) is 9.86. The predicted octanol–water partition coefficient (Wildman–Crippen LogP) is 3.25. The molecule has 0 aliphatic heterocycles. The molecule has 9 nitrogen and oxygen atoms in total. The van der Waals surface area contributed by atoms with Gasteiger partial charge in [-0.1, -0.05) is 32.0 Å². The fourth-order valence-corrected chi connectivity index (χ4v) is 2.94. The Balaban J connectivity index is 1.55. The first-order valence-corrected chi connectivity index (χ1v) is 9.86. The molecule has 0 spiro atoms. The number of hydrogen-bond acceptors (Lipinski definition) is 7. The van der Waals surface area contributed by atoms with Crippen molar-refractivity contribution in [3.63, 3.8) is 0 Å². The number of aromatic nitrogens is 6. The summed E-state index contributed by atoms with van der Waals surface area (Å²) in [6.07, 6.45) is 4.87. The lowest BCUT2D eigenvalue weighted by Gasteiger charge is -2.10. The molecule has 0 unspecified atom stereocenters. The van der Waals surface area contributed by atoms with E-state index in [9.17, 15) is 4.79 Å². The Hall–Kier alpha value is -3.88. The minimum absolute atomic E-state index is 0.215. The number of amides is 1. The van der Waals surface area contributed by atoms with Crippen molar-refractivity contribution >= 4 is 5.91 Å². The van der Waals surface area contributed by atoms with Crippen molar-refractivity contribution in [2.75, 3.05) is 0 Å². The number of pyridine rings is 2. The third-order valence-electron chi connectivity index (χ3n) is 4.72. The van der Waals surface area contributed by atoms with Gasteiger partial charge in [-0.15, -0.1) is 0 Å². The maximum Gasteiger partial charge on any atom is 0.258 e. The molecule has 0 atom stereocenters. The Morgan fingerprint density at radius 2 is 2.00 bits per heavy atom. The van der Waals surface area contributed by atoms with Gasteiger partial charge in [0, 0.05) is 23.4 Å². The number of carbonyl (C=O) groups excluding carboxylic acids is 1. The van der Waals surface area contributed by atoms with Gasteiger partial charge in [-0.25, -0.2) is 9.67 Å². The average molecular weight is 417 g/mol. The molecule has 31 heavy (non-hydrogen) atoms. The molecule has 0 radical (unpaired) electrons. The standard InChI is InChI=1S/C22H23N7O2/c1-14-17(19(30)25-12-16-7-5-6-9-23-16)13-26-29(14)18-11-15(8-10-24-18)20-27-21(28-31-20)22(2,3)4/h5-11,13H,12H2,1-4H3,(H,25,30). The second kappa shape index (κ2) is 8.10. The summed E-state index contributed by atoms with van der Waals surface area (Å²) in [5, 5.41) is 11.3. The molecule has 4 aromatic heterocycles. The molecule has 4 aromatic rings. The van der Waals surface area contributed by atoms with E-state index in [0.717, 1.165) is 11.3 Å². The van der Waals surface area contributed by atoms with Crippen LogP contribution in [0.5, 0.6) is 0 Å². The third-order valence-corrected chi connectivity index (χ3v) is 4.72. The highest BCUT2D eigenvalue weighted by molar-refractivity contribution is 5.95. The maximum absolute atomic E-state index is 12.6. The van der Waals surface area contributed by atoms with Gasteiger partial charge >= 0.3 is 0 Å². The van der Waals surface area contributed by atoms with Crippen molar-refractivity contribution in [3.05, 3.63) is 71.7 Å². The molecule has 4 rings (SSSR count). The average Bonchev–Trinajstić information content (AvgIpc) is 3.40. The van der Waals surface area contributed by atoms with E-state index in [1.54, 1.807) is 29.2 Å². The number of nitrogens with one attached hydrogen (secondary N) is 1. The van der Waals surface area contributed by atoms with Crippen LogP contribution in [-0.2, 0) is 12.0 Å². The monoisotopic (exact) mass is 417 g/mol. The third kappa shape index (κ3) is 4.35. The summed E-state index contributed by atoms with van der Waals surface area (Å²) in [6, 6.07) is 9.16. The lowest BCUT2D eigenvalue weighted by Crippen LogP contribution is -2.23. The first kappa shape index (κ1) is 20.4. The van der Waals surface area contributed by atoms with E-state index < -0.39 is 0 Å². The lowest BCUT2D eigenvalue weighted by atomic mass is 9.96. The highest BCUT2D eigenvalue weighted by Gasteiger charge is 2.22. The molecule has 0 aliphatic rings. The van der Waals surface area contributed by atoms with Crippen molar-refractivity contribution in [2.24, 2.45) is 0 Å². The van der Waals surface area contributed by atoms with Gasteiger partial charge in [-0.2, -0.15) is 10.1 Å². The van der Waals surface area contributed by atoms with Crippen LogP contribution in [0.15, 0.2) is 53.4 Å². The van der Waals surface area contributed by atoms with Gasteiger partial charge < -0.3 is 9.84 Å². The van der Waals surface area contributed by atoms with E-state index in [2.05, 4.69) is 30.5 Å². The van der Waals surface area contributed by atoms with Crippen molar-refractivity contribution < 1.29 is 9.32 Å². The molecule has 0 fully saturated rings. The summed E-state index contributed by atoms with van der Waals surface area (Å²) in [4.78, 5) is 25.7. The fraction of sp³-hybridized carbons (Fsp3) is 0.273. The Morgan fingerprint density at radius 3 is 2.71 bits per heavy atom. The van der Waals surface area contributed by atoms with Gasteiger partial charge in [0.25, 0.3) is 11.8 Å². The predicted molar refractivity (Wildman–Crippen MR) is 113 cm³/mol. The van der Waals surface area contributed by atoms with E-state index in [-0.39, 0.29) is 11.3 Å². The van der Waals surface area contributed by atoms with Crippen LogP contribution in [0, 0.1) is 6.92 Å². The second-order valence-corrected chi connectivity index (χ2v) is 8.14. The van der Waals surface area contributed by atoms with Gasteiger partial charge in [0.05, 0.1) is 29.7 Å². The quantitative estimate of drug-likeness (QED) is 0.530. The van der Waals surface area contributed by atoms with E-state index in [4.69, 9.17) is 4.52 Å². The van der Waals surface area contributed by atoms with Crippen LogP contribution < -0.4 is 5.32 Å². The van der Waals surface area contributed by atoms with Crippen molar-refractivity contribution in [2.45, 2.75) is 39.7 Å². The van der Waals surface area contributed by atoms with E-state index in [0.29, 0.717) is 35.3 Å². The minimum Gasteiger partial charge on any atom is -0.346 e. The molecule has 0 aliphatic carbocycles. The van der Waals surface area contributed by atoms with Gasteiger partial charge in [0.1, 0.15) is 0 Å². The van der Waals surface area contributed by atoms with Crippen LogP contribution in [0.3, 0.4) is 0 Å². The number of rotatable bonds is 5. The Labute approximate surface area is 179 Å². The molecular weight excluding hydrogens is 394 g/mol. The molecule has 0 aromatic carbocycles. The lowest BCUT2D eigenvalue weighted by molar-refractivity contribution is 0.0949. The van der Waals surface area contributed by atoms with Crippen LogP contribution in [0.1, 0.15) is 48.3 Å². The van der Waals surface area contributed by atoms with Crippen molar-refractivity contribution in [3.8, 4) is 17.3 Å². The van der Waals surface area contributed by atoms with E-state index >= 15 is 0 Å². The molecule has 0 bridgehead atoms. The summed E-state index contributed by atoms with van der Waals surface area (Å²) in [7, 11) is 0. The number of nitrogens with zero attached hydrogens (tertiary/aromatic N) is 6. The maximum atomic E-state index is 12.6. The van der Waals surface area contributed by atoms with Crippen LogP contribution >= 0.6 is 0 Å². The smallest absolute Gasteiger partial charge is 0.258 e. The zero-order valence-electron chi connectivity index (χ0n) is 17.8. The van der Waals surface area contributed by atoms with Crippen LogP contribution in [0.2, 0.25) is 0 Å². The number of hydrogen-bond donors (Lipinski definition) is 1. The summed E-state index contributed by atoms with van der Waals surface area (Å²) in [6.45, 7) is 8.22. The first-order chi connectivity index (χ1) is 14.8. The van der Waals surface area contributed by atoms with Gasteiger partial charge in [-0.05, 0) is 31.2 Å². The topological polar surface area (TPSA) is 112 Å².